The van der Waals surface area contributed by atoms with E-state index in [1.807, 2.05) is 0 Å². The molecule has 0 unspecified atom stereocenters. The zero-order valence-electron chi connectivity index (χ0n) is 14.4. The first-order valence-corrected chi connectivity index (χ1v) is 7.19. The Balaban J connectivity index is 2.74. The lowest BCUT2D eigenvalue weighted by Gasteiger charge is -2.22. The molecule has 0 radical (unpaired) electrons. The summed E-state index contributed by atoms with van der Waals surface area (Å²) in [6, 6.07) is 4.35. The van der Waals surface area contributed by atoms with Gasteiger partial charge in [-0.1, -0.05) is 6.07 Å². The number of para-hydroxylation sites is 1. The third-order valence-electron chi connectivity index (χ3n) is 2.79. The lowest BCUT2D eigenvalue weighted by Crippen LogP contribution is -2.44. The van der Waals surface area contributed by atoms with E-state index in [-0.39, 0.29) is 0 Å². The van der Waals surface area contributed by atoms with Crippen LogP contribution in [0.1, 0.15) is 27.7 Å². The number of benzene rings is 1. The molecular weight excluding hydrogens is 300 g/mol. The summed E-state index contributed by atoms with van der Waals surface area (Å²) in [6.45, 7) is 6.81. The molecule has 0 aliphatic heterocycles. The van der Waals surface area contributed by atoms with Gasteiger partial charge in [0.05, 0.1) is 19.9 Å². The predicted octanol–water partition coefficient (Wildman–Crippen LogP) is 2.56. The van der Waals surface area contributed by atoms with E-state index >= 15 is 0 Å². The molecule has 1 aromatic rings. The molecule has 7 nitrogen and oxygen atoms in total. The fourth-order valence-corrected chi connectivity index (χ4v) is 1.78. The van der Waals surface area contributed by atoms with Crippen LogP contribution < -0.4 is 20.1 Å². The summed E-state index contributed by atoms with van der Waals surface area (Å²) >= 11 is 0. The number of amides is 2. The molecule has 0 saturated heterocycles. The molecule has 2 N–H and O–H groups in total. The number of carbonyl (C=O) groups is 2. The molecule has 0 heterocycles. The number of nitrogens with one attached hydrogen (secondary N) is 2. The maximum Gasteiger partial charge on any atom is 0.408 e. The molecule has 23 heavy (non-hydrogen) atoms. The van der Waals surface area contributed by atoms with Crippen molar-refractivity contribution in [3.05, 3.63) is 18.2 Å². The SMILES string of the molecule is COc1cccc(NC(=O)[C@H](C)NC(=O)OC(C)(C)C)c1OC. The smallest absolute Gasteiger partial charge is 0.408 e. The molecule has 0 spiro atoms. The first-order chi connectivity index (χ1) is 10.7. The van der Waals surface area contributed by atoms with Crippen LogP contribution in [0.5, 0.6) is 11.5 Å². The number of hydrogen-bond acceptors (Lipinski definition) is 5. The topological polar surface area (TPSA) is 85.9 Å². The lowest BCUT2D eigenvalue weighted by atomic mass is 10.2. The van der Waals surface area contributed by atoms with E-state index < -0.39 is 23.6 Å². The third kappa shape index (κ3) is 5.69. The monoisotopic (exact) mass is 324 g/mol. The fourth-order valence-electron chi connectivity index (χ4n) is 1.78. The van der Waals surface area contributed by atoms with Crippen molar-refractivity contribution in [1.82, 2.24) is 5.32 Å². The normalized spacial score (nSPS) is 12.1. The standard InChI is InChI=1S/C16H24N2O5/c1-10(17-15(20)23-16(2,3)4)14(19)18-11-8-7-9-12(21-5)13(11)22-6/h7-10H,1-6H3,(H,17,20)(H,18,19)/t10-/m0/s1. The van der Waals surface area contributed by atoms with Crippen LogP contribution in [0.3, 0.4) is 0 Å². The molecule has 0 saturated carbocycles. The number of ether oxygens (including phenoxy) is 3. The van der Waals surface area contributed by atoms with Crippen molar-refractivity contribution in [1.29, 1.82) is 0 Å². The molecular formula is C16H24N2O5. The van der Waals surface area contributed by atoms with Crippen molar-refractivity contribution in [2.24, 2.45) is 0 Å². The summed E-state index contributed by atoms with van der Waals surface area (Å²) < 4.78 is 15.5. The second-order valence-corrected chi connectivity index (χ2v) is 5.90. The van der Waals surface area contributed by atoms with Crippen molar-refractivity contribution in [2.45, 2.75) is 39.3 Å². The van der Waals surface area contributed by atoms with Crippen LogP contribution in [-0.4, -0.2) is 37.9 Å². The zero-order valence-corrected chi connectivity index (χ0v) is 14.4. The Morgan fingerprint density at radius 3 is 2.30 bits per heavy atom. The Hall–Kier alpha value is -2.44. The van der Waals surface area contributed by atoms with Crippen LogP contribution in [0.4, 0.5) is 10.5 Å². The molecule has 1 rings (SSSR count). The second kappa shape index (κ2) is 7.71. The maximum atomic E-state index is 12.2. The van der Waals surface area contributed by atoms with E-state index in [9.17, 15) is 9.59 Å². The van der Waals surface area contributed by atoms with Crippen LogP contribution in [0.25, 0.3) is 0 Å². The van der Waals surface area contributed by atoms with Crippen molar-refractivity contribution in [3.8, 4) is 11.5 Å². The molecule has 7 heteroatoms. The van der Waals surface area contributed by atoms with Crippen LogP contribution >= 0.6 is 0 Å². The predicted molar refractivity (Wildman–Crippen MR) is 87.0 cm³/mol. The van der Waals surface area contributed by atoms with Crippen molar-refractivity contribution in [3.63, 3.8) is 0 Å². The van der Waals surface area contributed by atoms with E-state index in [0.717, 1.165) is 0 Å². The number of anilines is 1. The molecule has 1 aromatic carbocycles. The van der Waals surface area contributed by atoms with Gasteiger partial charge in [-0.2, -0.15) is 0 Å². The van der Waals surface area contributed by atoms with Gasteiger partial charge < -0.3 is 24.8 Å². The summed E-state index contributed by atoms with van der Waals surface area (Å²) in [7, 11) is 2.99. The molecule has 0 aromatic heterocycles. The fraction of sp³-hybridized carbons (Fsp3) is 0.500. The van der Waals surface area contributed by atoms with Crippen molar-refractivity contribution < 1.29 is 23.8 Å². The van der Waals surface area contributed by atoms with E-state index in [2.05, 4.69) is 10.6 Å². The van der Waals surface area contributed by atoms with Gasteiger partial charge in [-0.3, -0.25) is 4.79 Å². The average Bonchev–Trinajstić information content (AvgIpc) is 2.44. The molecule has 0 aliphatic carbocycles. The Bertz CT molecular complexity index is 566. The Morgan fingerprint density at radius 1 is 1.13 bits per heavy atom. The summed E-state index contributed by atoms with van der Waals surface area (Å²) in [5.41, 5.74) is -0.175. The minimum absolute atomic E-state index is 0.401. The quantitative estimate of drug-likeness (QED) is 0.869. The molecule has 2 amide bonds. The molecule has 128 valence electrons. The van der Waals surface area contributed by atoms with Gasteiger partial charge in [0.2, 0.25) is 5.91 Å². The van der Waals surface area contributed by atoms with E-state index in [1.165, 1.54) is 14.2 Å². The zero-order chi connectivity index (χ0) is 17.6. The van der Waals surface area contributed by atoms with E-state index in [1.54, 1.807) is 45.9 Å². The largest absolute Gasteiger partial charge is 0.493 e. The Morgan fingerprint density at radius 2 is 1.78 bits per heavy atom. The lowest BCUT2D eigenvalue weighted by molar-refractivity contribution is -0.117. The molecule has 0 fully saturated rings. The molecule has 0 bridgehead atoms. The van der Waals surface area contributed by atoms with E-state index in [4.69, 9.17) is 14.2 Å². The third-order valence-corrected chi connectivity index (χ3v) is 2.79. The van der Waals surface area contributed by atoms with Crippen LogP contribution in [0.2, 0.25) is 0 Å². The van der Waals surface area contributed by atoms with Gasteiger partial charge >= 0.3 is 6.09 Å². The highest BCUT2D eigenvalue weighted by Crippen LogP contribution is 2.34. The van der Waals surface area contributed by atoms with Gasteiger partial charge in [0.25, 0.3) is 0 Å². The number of carbonyl (C=O) groups excluding carboxylic acids is 2. The Labute approximate surface area is 136 Å². The summed E-state index contributed by atoms with van der Waals surface area (Å²) in [5, 5.41) is 5.17. The van der Waals surface area contributed by atoms with Gasteiger partial charge in [-0.05, 0) is 39.8 Å². The number of alkyl carbamates (subject to hydrolysis) is 1. The van der Waals surface area contributed by atoms with Crippen LogP contribution in [-0.2, 0) is 9.53 Å². The van der Waals surface area contributed by atoms with Gasteiger partial charge in [0, 0.05) is 0 Å². The molecule has 1 atom stereocenters. The number of rotatable bonds is 5. The van der Waals surface area contributed by atoms with Crippen LogP contribution in [0, 0.1) is 0 Å². The summed E-state index contributed by atoms with van der Waals surface area (Å²) in [4.78, 5) is 23.9. The van der Waals surface area contributed by atoms with E-state index in [0.29, 0.717) is 17.2 Å². The van der Waals surface area contributed by atoms with Gasteiger partial charge in [0.1, 0.15) is 11.6 Å². The summed E-state index contributed by atoms with van der Waals surface area (Å²) in [6.07, 6.45) is -0.655. The highest BCUT2D eigenvalue weighted by molar-refractivity contribution is 5.97. The first-order valence-electron chi connectivity index (χ1n) is 7.19. The average molecular weight is 324 g/mol. The minimum atomic E-state index is -0.777. The number of methoxy groups -OCH3 is 2. The van der Waals surface area contributed by atoms with Crippen molar-refractivity contribution >= 4 is 17.7 Å². The highest BCUT2D eigenvalue weighted by atomic mass is 16.6. The van der Waals surface area contributed by atoms with Crippen LogP contribution in [0.15, 0.2) is 18.2 Å². The minimum Gasteiger partial charge on any atom is -0.493 e. The summed E-state index contributed by atoms with van der Waals surface area (Å²) in [5.74, 6) is 0.508. The van der Waals surface area contributed by atoms with Gasteiger partial charge in [0.15, 0.2) is 11.5 Å². The van der Waals surface area contributed by atoms with Gasteiger partial charge in [-0.15, -0.1) is 0 Å². The highest BCUT2D eigenvalue weighted by Gasteiger charge is 2.22. The van der Waals surface area contributed by atoms with Gasteiger partial charge in [-0.25, -0.2) is 4.79 Å². The van der Waals surface area contributed by atoms with Crippen molar-refractivity contribution in [2.75, 3.05) is 19.5 Å². The Kier molecular flexibility index (Phi) is 6.24. The second-order valence-electron chi connectivity index (χ2n) is 5.90. The maximum absolute atomic E-state index is 12.2. The first kappa shape index (κ1) is 18.6. The molecule has 0 aliphatic rings. The number of hydrogen-bond donors (Lipinski definition) is 2.